The molecule has 0 unspecified atom stereocenters. The van der Waals surface area contributed by atoms with Crippen LogP contribution in [0.3, 0.4) is 0 Å². The quantitative estimate of drug-likeness (QED) is 0.494. The third kappa shape index (κ3) is 5.26. The molecule has 3 aromatic rings. The van der Waals surface area contributed by atoms with E-state index in [-0.39, 0.29) is 27.5 Å². The van der Waals surface area contributed by atoms with Crippen LogP contribution in [0.25, 0.3) is 5.95 Å². The van der Waals surface area contributed by atoms with Crippen molar-refractivity contribution in [1.29, 1.82) is 0 Å². The van der Waals surface area contributed by atoms with Crippen LogP contribution in [0.15, 0.2) is 36.5 Å². The predicted molar refractivity (Wildman–Crippen MR) is 112 cm³/mol. The highest BCUT2D eigenvalue weighted by Gasteiger charge is 2.33. The predicted octanol–water partition coefficient (Wildman–Crippen LogP) is 5.93. The van der Waals surface area contributed by atoms with Crippen LogP contribution < -0.4 is 10.6 Å². The number of nitrogens with one attached hydrogen (secondary N) is 2. The van der Waals surface area contributed by atoms with Gasteiger partial charge < -0.3 is 5.32 Å². The smallest absolute Gasteiger partial charge is 0.306 e. The molecule has 0 bridgehead atoms. The zero-order valence-corrected chi connectivity index (χ0v) is 18.1. The molecule has 12 heteroatoms. The Hall–Kier alpha value is -2.85. The van der Waals surface area contributed by atoms with Crippen LogP contribution in [-0.4, -0.2) is 25.8 Å². The van der Waals surface area contributed by atoms with Crippen molar-refractivity contribution in [3.63, 3.8) is 0 Å². The molecule has 31 heavy (non-hydrogen) atoms. The Balaban J connectivity index is 1.97. The molecule has 0 radical (unpaired) electrons. The van der Waals surface area contributed by atoms with Crippen molar-refractivity contribution in [3.8, 4) is 5.95 Å². The average molecular weight is 473 g/mol. The second kappa shape index (κ2) is 8.35. The monoisotopic (exact) mass is 472 g/mol. The number of halogens is 5. The van der Waals surface area contributed by atoms with Crippen LogP contribution >= 0.6 is 23.2 Å². The first-order valence-corrected chi connectivity index (χ1v) is 9.65. The topological polar surface area (TPSA) is 84.7 Å². The van der Waals surface area contributed by atoms with E-state index in [4.69, 9.17) is 23.2 Å². The molecule has 0 fully saturated rings. The summed E-state index contributed by atoms with van der Waals surface area (Å²) in [6, 6.07) is 6.27. The molecule has 0 aliphatic carbocycles. The van der Waals surface area contributed by atoms with Crippen molar-refractivity contribution < 1.29 is 18.0 Å². The Morgan fingerprint density at radius 1 is 1.06 bits per heavy atom. The molecule has 164 valence electrons. The van der Waals surface area contributed by atoms with Crippen molar-refractivity contribution in [2.75, 3.05) is 10.6 Å². The number of carbonyl (C=O) groups excluding carboxylic acids is 1. The number of hydrogen-bond donors (Lipinski definition) is 2. The summed E-state index contributed by atoms with van der Waals surface area (Å²) in [6.45, 7) is 5.59. The molecule has 2 heterocycles. The number of alkyl halides is 3. The minimum absolute atomic E-state index is 0.0694. The van der Waals surface area contributed by atoms with Gasteiger partial charge in [-0.1, -0.05) is 50.0 Å². The van der Waals surface area contributed by atoms with E-state index in [0.717, 1.165) is 16.9 Å². The molecule has 2 amide bonds. The zero-order chi connectivity index (χ0) is 23.0. The van der Waals surface area contributed by atoms with Gasteiger partial charge in [0.15, 0.2) is 0 Å². The molecule has 0 aliphatic rings. The molecule has 1 aromatic carbocycles. The molecular weight excluding hydrogens is 456 g/mol. The number of rotatable bonds is 3. The fourth-order valence-corrected chi connectivity index (χ4v) is 2.82. The summed E-state index contributed by atoms with van der Waals surface area (Å²) in [6.07, 6.45) is -3.69. The lowest BCUT2D eigenvalue weighted by Gasteiger charge is -2.14. The van der Waals surface area contributed by atoms with Crippen LogP contribution in [0.1, 0.15) is 32.2 Å². The zero-order valence-electron chi connectivity index (χ0n) is 16.6. The summed E-state index contributed by atoms with van der Waals surface area (Å²) in [5.41, 5.74) is -0.837. The van der Waals surface area contributed by atoms with Crippen molar-refractivity contribution in [2.45, 2.75) is 32.4 Å². The van der Waals surface area contributed by atoms with Crippen LogP contribution in [0.5, 0.6) is 0 Å². The highest BCUT2D eigenvalue weighted by molar-refractivity contribution is 6.44. The third-order valence-electron chi connectivity index (χ3n) is 4.04. The molecule has 0 saturated heterocycles. The highest BCUT2D eigenvalue weighted by Crippen LogP contribution is 2.31. The maximum atomic E-state index is 13.1. The highest BCUT2D eigenvalue weighted by atomic mass is 35.5. The minimum atomic E-state index is -4.66. The molecular formula is C19H17Cl2F3N6O. The van der Waals surface area contributed by atoms with Gasteiger partial charge in [0.05, 0.1) is 21.4 Å². The van der Waals surface area contributed by atoms with Crippen molar-refractivity contribution in [3.05, 3.63) is 58.0 Å². The fourth-order valence-electron chi connectivity index (χ4n) is 2.47. The van der Waals surface area contributed by atoms with E-state index in [1.165, 1.54) is 6.07 Å². The van der Waals surface area contributed by atoms with E-state index in [2.05, 4.69) is 25.7 Å². The number of amides is 2. The number of hydrogen-bond acceptors (Lipinski definition) is 4. The van der Waals surface area contributed by atoms with Gasteiger partial charge in [-0.3, -0.25) is 5.32 Å². The molecule has 0 saturated carbocycles. The maximum absolute atomic E-state index is 13.1. The van der Waals surface area contributed by atoms with Gasteiger partial charge in [0.1, 0.15) is 11.5 Å². The largest absolute Gasteiger partial charge is 0.433 e. The number of aromatic nitrogens is 4. The lowest BCUT2D eigenvalue weighted by atomic mass is 9.92. The van der Waals surface area contributed by atoms with Gasteiger partial charge in [-0.2, -0.15) is 23.0 Å². The van der Waals surface area contributed by atoms with Gasteiger partial charge in [-0.05, 0) is 18.2 Å². The lowest BCUT2D eigenvalue weighted by molar-refractivity contribution is -0.141. The first kappa shape index (κ1) is 22.8. The average Bonchev–Trinajstić information content (AvgIpc) is 3.09. The molecule has 3 rings (SSSR count). The molecule has 0 atom stereocenters. The summed E-state index contributed by atoms with van der Waals surface area (Å²) in [4.78, 5) is 19.9. The van der Waals surface area contributed by atoms with E-state index in [1.54, 1.807) is 18.2 Å². The summed E-state index contributed by atoms with van der Waals surface area (Å²) in [7, 11) is 0. The molecule has 2 aromatic heterocycles. The lowest BCUT2D eigenvalue weighted by Crippen LogP contribution is -2.22. The number of nitrogens with zero attached hydrogens (tertiary/aromatic N) is 4. The molecule has 2 N–H and O–H groups in total. The second-order valence-corrected chi connectivity index (χ2v) is 8.28. The van der Waals surface area contributed by atoms with Crippen molar-refractivity contribution in [1.82, 2.24) is 19.7 Å². The van der Waals surface area contributed by atoms with Crippen LogP contribution in [0.2, 0.25) is 10.0 Å². The Morgan fingerprint density at radius 3 is 2.42 bits per heavy atom. The van der Waals surface area contributed by atoms with E-state index < -0.39 is 23.3 Å². The Labute approximate surface area is 185 Å². The number of urea groups is 1. The first-order valence-electron chi connectivity index (χ1n) is 8.89. The normalized spacial score (nSPS) is 12.0. The Morgan fingerprint density at radius 2 is 1.77 bits per heavy atom. The summed E-state index contributed by atoms with van der Waals surface area (Å²) < 4.78 is 40.3. The maximum Gasteiger partial charge on any atom is 0.433 e. The number of benzene rings is 1. The standard InChI is InChI=1S/C19H17Cl2F3N6O/c1-18(2,3)13-9-14(28-17(31)26-11-6-4-5-10(20)15(11)21)30(29-13)16-25-8-7-12(27-16)19(22,23)24/h4-9H,1-3H3,(H2,26,28,31). The Kier molecular flexibility index (Phi) is 6.15. The van der Waals surface area contributed by atoms with Crippen molar-refractivity contribution in [2.24, 2.45) is 0 Å². The molecule has 0 spiro atoms. The van der Waals surface area contributed by atoms with Gasteiger partial charge in [-0.15, -0.1) is 0 Å². The van der Waals surface area contributed by atoms with Gasteiger partial charge >= 0.3 is 12.2 Å². The van der Waals surface area contributed by atoms with Gasteiger partial charge in [0, 0.05) is 17.7 Å². The van der Waals surface area contributed by atoms with Gasteiger partial charge in [0.2, 0.25) is 0 Å². The van der Waals surface area contributed by atoms with Crippen LogP contribution in [0, 0.1) is 0 Å². The third-order valence-corrected chi connectivity index (χ3v) is 4.86. The molecule has 0 aliphatic heterocycles. The van der Waals surface area contributed by atoms with Gasteiger partial charge in [-0.25, -0.2) is 14.8 Å². The van der Waals surface area contributed by atoms with Gasteiger partial charge in [0.25, 0.3) is 5.95 Å². The Bertz CT molecular complexity index is 1120. The second-order valence-electron chi connectivity index (χ2n) is 7.50. The summed E-state index contributed by atoms with van der Waals surface area (Å²) in [5, 5.41) is 9.77. The van der Waals surface area contributed by atoms with E-state index in [1.807, 2.05) is 20.8 Å². The minimum Gasteiger partial charge on any atom is -0.306 e. The van der Waals surface area contributed by atoms with Crippen LogP contribution in [-0.2, 0) is 11.6 Å². The SMILES string of the molecule is CC(C)(C)c1cc(NC(=O)Nc2cccc(Cl)c2Cl)n(-c2nccc(C(F)(F)F)n2)n1. The van der Waals surface area contributed by atoms with E-state index in [9.17, 15) is 18.0 Å². The fraction of sp³-hybridized carbons (Fsp3) is 0.263. The number of carbonyl (C=O) groups is 1. The van der Waals surface area contributed by atoms with E-state index in [0.29, 0.717) is 5.69 Å². The molecule has 7 nitrogen and oxygen atoms in total. The summed E-state index contributed by atoms with van der Waals surface area (Å²) >= 11 is 12.0. The van der Waals surface area contributed by atoms with E-state index >= 15 is 0 Å². The van der Waals surface area contributed by atoms with Crippen LogP contribution in [0.4, 0.5) is 29.5 Å². The van der Waals surface area contributed by atoms with Crippen molar-refractivity contribution >= 4 is 40.7 Å². The first-order chi connectivity index (χ1) is 14.4. The summed E-state index contributed by atoms with van der Waals surface area (Å²) in [5.74, 6) is -0.277. The number of anilines is 2.